The minimum atomic E-state index is -0.577. The van der Waals surface area contributed by atoms with Crippen LogP contribution in [0.15, 0.2) is 22.0 Å². The Morgan fingerprint density at radius 1 is 0.950 bits per heavy atom. The molecular weight excluding hydrogens is 310 g/mol. The van der Waals surface area contributed by atoms with Crippen molar-refractivity contribution >= 4 is 25.3 Å². The third-order valence-corrected chi connectivity index (χ3v) is 6.74. The molecular formula is C14H16Na2O2S2. The van der Waals surface area contributed by atoms with Gasteiger partial charge in [0.25, 0.3) is 0 Å². The van der Waals surface area contributed by atoms with Crippen LogP contribution in [-0.4, -0.2) is 20.0 Å². The van der Waals surface area contributed by atoms with Gasteiger partial charge in [0.15, 0.2) is 5.79 Å². The number of allylic oxidation sites excluding steroid dienone is 2. The van der Waals surface area contributed by atoms with E-state index in [1.807, 2.05) is 0 Å². The molecule has 0 saturated heterocycles. The fourth-order valence-electron chi connectivity index (χ4n) is 5.18. The molecule has 6 atom stereocenters. The van der Waals surface area contributed by atoms with Crippen LogP contribution in [0.4, 0.5) is 0 Å². The molecule has 6 heteroatoms. The van der Waals surface area contributed by atoms with E-state index in [2.05, 4.69) is 12.2 Å². The van der Waals surface area contributed by atoms with E-state index in [0.717, 1.165) is 9.81 Å². The van der Waals surface area contributed by atoms with Gasteiger partial charge in [-0.25, -0.2) is 9.81 Å². The molecule has 2 saturated carbocycles. The Morgan fingerprint density at radius 2 is 1.35 bits per heavy atom. The summed E-state index contributed by atoms with van der Waals surface area (Å²) in [5.74, 6) is 2.27. The fourth-order valence-corrected chi connectivity index (χ4v) is 6.08. The van der Waals surface area contributed by atoms with Crippen molar-refractivity contribution in [3.63, 3.8) is 0 Å². The van der Waals surface area contributed by atoms with Gasteiger partial charge in [0.2, 0.25) is 0 Å². The normalized spacial score (nSPS) is 45.3. The Morgan fingerprint density at radius 3 is 1.70 bits per heavy atom. The molecule has 0 aromatic carbocycles. The molecule has 98 valence electrons. The zero-order valence-corrected chi connectivity index (χ0v) is 18.1. The van der Waals surface area contributed by atoms with Crippen LogP contribution in [0.3, 0.4) is 0 Å². The molecule has 0 radical (unpaired) electrons. The van der Waals surface area contributed by atoms with Crippen molar-refractivity contribution in [2.75, 3.05) is 14.2 Å². The SMILES string of the molecule is COC1(OC)C2C([S-])=C([S-])[C@@H]1[C@H]1[C@@H]2[C@@H]2C=C[C@H]1C2.[Na+].[Na+]. The van der Waals surface area contributed by atoms with Gasteiger partial charge in [0, 0.05) is 26.1 Å². The summed E-state index contributed by atoms with van der Waals surface area (Å²) in [7, 11) is 3.47. The van der Waals surface area contributed by atoms with Crippen molar-refractivity contribution in [1.29, 1.82) is 0 Å². The van der Waals surface area contributed by atoms with Gasteiger partial charge < -0.3 is 34.7 Å². The van der Waals surface area contributed by atoms with Crippen LogP contribution < -0.4 is 59.1 Å². The van der Waals surface area contributed by atoms with E-state index >= 15 is 0 Å². The summed E-state index contributed by atoms with van der Waals surface area (Å²) < 4.78 is 11.6. The summed E-state index contributed by atoms with van der Waals surface area (Å²) in [6.07, 6.45) is 6.01. The maximum atomic E-state index is 5.81. The molecule has 4 rings (SSSR count). The summed E-state index contributed by atoms with van der Waals surface area (Å²) in [4.78, 5) is 1.86. The molecule has 0 aromatic rings. The van der Waals surface area contributed by atoms with Gasteiger partial charge in [-0.1, -0.05) is 12.2 Å². The number of rotatable bonds is 2. The van der Waals surface area contributed by atoms with E-state index in [1.165, 1.54) is 6.42 Å². The molecule has 0 spiro atoms. The molecule has 4 aliphatic carbocycles. The van der Waals surface area contributed by atoms with Gasteiger partial charge in [-0.05, 0) is 30.1 Å². The number of methoxy groups -OCH3 is 2. The minimum absolute atomic E-state index is 0. The van der Waals surface area contributed by atoms with E-state index < -0.39 is 5.79 Å². The van der Waals surface area contributed by atoms with Gasteiger partial charge in [-0.2, -0.15) is 0 Å². The van der Waals surface area contributed by atoms with Crippen molar-refractivity contribution in [2.45, 2.75) is 12.2 Å². The van der Waals surface area contributed by atoms with Crippen molar-refractivity contribution in [3.05, 3.63) is 22.0 Å². The van der Waals surface area contributed by atoms with Gasteiger partial charge in [0.1, 0.15) is 0 Å². The first kappa shape index (κ1) is 18.2. The van der Waals surface area contributed by atoms with Crippen LogP contribution in [-0.2, 0) is 34.7 Å². The van der Waals surface area contributed by atoms with Crippen molar-refractivity contribution in [2.24, 2.45) is 35.5 Å². The standard InChI is InChI=1S/C14H18O2S2.2Na/c1-15-14(16-2)10-8-6-3-4-7(5-6)9(8)11(14)13(18)12(10)17;;/h3-4,6-11,17-18H,5H2,1-2H3;;/q;2*+1/p-2/t6-,7+,8+,9-,10-,11?;;/m0../s1. The van der Waals surface area contributed by atoms with Crippen LogP contribution in [0.2, 0.25) is 0 Å². The Balaban J connectivity index is 0.000000735. The molecule has 0 N–H and O–H groups in total. The topological polar surface area (TPSA) is 18.5 Å². The van der Waals surface area contributed by atoms with E-state index in [1.54, 1.807) is 14.2 Å². The summed E-state index contributed by atoms with van der Waals surface area (Å²) >= 11 is 11.2. The zero-order chi connectivity index (χ0) is 12.7. The Labute approximate surface area is 175 Å². The van der Waals surface area contributed by atoms with Gasteiger partial charge in [-0.15, -0.1) is 0 Å². The summed E-state index contributed by atoms with van der Waals surface area (Å²) in [6.45, 7) is 0. The fraction of sp³-hybridized carbons (Fsp3) is 0.714. The van der Waals surface area contributed by atoms with Crippen LogP contribution in [0.5, 0.6) is 0 Å². The second kappa shape index (κ2) is 6.04. The molecule has 20 heavy (non-hydrogen) atoms. The Hall–Kier alpha value is 1.84. The number of hydrogen-bond acceptors (Lipinski definition) is 4. The van der Waals surface area contributed by atoms with Crippen LogP contribution in [0.25, 0.3) is 0 Å². The predicted octanol–water partition coefficient (Wildman–Crippen LogP) is -4.01. The molecule has 2 fully saturated rings. The largest absolute Gasteiger partial charge is 1.00 e. The van der Waals surface area contributed by atoms with E-state index in [0.29, 0.717) is 23.7 Å². The van der Waals surface area contributed by atoms with Crippen LogP contribution >= 0.6 is 0 Å². The molecule has 0 aliphatic heterocycles. The predicted molar refractivity (Wildman–Crippen MR) is 73.2 cm³/mol. The molecule has 1 unspecified atom stereocenters. The summed E-state index contributed by atoms with van der Waals surface area (Å²) in [5.41, 5.74) is 0. The van der Waals surface area contributed by atoms with E-state index in [9.17, 15) is 0 Å². The number of fused-ring (bicyclic) bond motifs is 9. The van der Waals surface area contributed by atoms with Crippen LogP contribution in [0, 0.1) is 35.5 Å². The third kappa shape index (κ3) is 1.90. The number of ether oxygens (including phenoxy) is 2. The zero-order valence-electron chi connectivity index (χ0n) is 12.5. The first-order valence-electron chi connectivity index (χ1n) is 6.52. The molecule has 0 heterocycles. The van der Waals surface area contributed by atoms with Crippen LogP contribution in [0.1, 0.15) is 6.42 Å². The first-order valence-corrected chi connectivity index (χ1v) is 7.34. The average molecular weight is 326 g/mol. The second-order valence-electron chi connectivity index (χ2n) is 5.92. The van der Waals surface area contributed by atoms with Crippen molar-refractivity contribution < 1.29 is 68.6 Å². The van der Waals surface area contributed by atoms with Crippen molar-refractivity contribution in [1.82, 2.24) is 0 Å². The smallest absolute Gasteiger partial charge is 0.785 e. The average Bonchev–Trinajstić information content (AvgIpc) is 3.07. The van der Waals surface area contributed by atoms with E-state index in [-0.39, 0.29) is 71.0 Å². The molecule has 0 aromatic heterocycles. The Bertz CT molecular complexity index is 440. The first-order chi connectivity index (χ1) is 8.65. The minimum Gasteiger partial charge on any atom is -0.785 e. The second-order valence-corrected chi connectivity index (χ2v) is 6.80. The summed E-state index contributed by atoms with van der Waals surface area (Å²) in [5, 5.41) is 0. The monoisotopic (exact) mass is 326 g/mol. The maximum Gasteiger partial charge on any atom is 1.00 e. The molecule has 2 nitrogen and oxygen atoms in total. The molecule has 4 bridgehead atoms. The third-order valence-electron chi connectivity index (χ3n) is 5.67. The molecule has 4 aliphatic rings. The number of hydrogen-bond donors (Lipinski definition) is 0. The maximum absolute atomic E-state index is 5.81. The van der Waals surface area contributed by atoms with Gasteiger partial charge >= 0.3 is 59.1 Å². The van der Waals surface area contributed by atoms with Gasteiger partial charge in [0.05, 0.1) is 0 Å². The molecule has 0 amide bonds. The van der Waals surface area contributed by atoms with Crippen molar-refractivity contribution in [3.8, 4) is 0 Å². The Kier molecular flexibility index (Phi) is 5.49. The summed E-state index contributed by atoms with van der Waals surface area (Å²) in [6, 6.07) is 0. The van der Waals surface area contributed by atoms with E-state index in [4.69, 9.17) is 34.7 Å². The quantitative estimate of drug-likeness (QED) is 0.169. The van der Waals surface area contributed by atoms with Gasteiger partial charge in [-0.3, -0.25) is 0 Å².